The quantitative estimate of drug-likeness (QED) is 0.854. The third-order valence-corrected chi connectivity index (χ3v) is 4.40. The molecular weight excluding hydrogens is 253 g/mol. The number of hydrogen-bond acceptors (Lipinski definition) is 4. The fourth-order valence-corrected chi connectivity index (χ4v) is 2.02. The summed E-state index contributed by atoms with van der Waals surface area (Å²) in [5.41, 5.74) is 0.697. The molecule has 0 bridgehead atoms. The second-order valence-corrected chi connectivity index (χ2v) is 7.10. The largest absolute Gasteiger partial charge is 0.494 e. The summed E-state index contributed by atoms with van der Waals surface area (Å²) in [7, 11) is -0.392. The Kier molecular flexibility index (Phi) is 3.74. The van der Waals surface area contributed by atoms with E-state index < -0.39 is 7.12 Å². The lowest BCUT2D eigenvalue weighted by atomic mass is 9.77. The maximum Gasteiger partial charge on any atom is 0.494 e. The van der Waals surface area contributed by atoms with Crippen molar-refractivity contribution in [1.82, 2.24) is 4.98 Å². The smallest absolute Gasteiger partial charge is 0.399 e. The van der Waals surface area contributed by atoms with Gasteiger partial charge < -0.3 is 14.4 Å². The number of aromatic nitrogens is 1. The lowest BCUT2D eigenvalue weighted by Crippen LogP contribution is -2.41. The van der Waals surface area contributed by atoms with Gasteiger partial charge in [0, 0.05) is 17.3 Å². The predicted octanol–water partition coefficient (Wildman–Crippen LogP) is 1.65. The Balaban J connectivity index is 2.30. The molecule has 20 heavy (non-hydrogen) atoms. The minimum absolute atomic E-state index is 0.0484. The molecule has 2 rings (SSSR count). The van der Waals surface area contributed by atoms with E-state index in [1.54, 1.807) is 6.20 Å². The molecule has 110 valence electrons. The van der Waals surface area contributed by atoms with Crippen LogP contribution >= 0.6 is 0 Å². The lowest BCUT2D eigenvalue weighted by Gasteiger charge is -2.32. The van der Waals surface area contributed by atoms with Gasteiger partial charge in [0.15, 0.2) is 0 Å². The Morgan fingerprint density at radius 2 is 1.75 bits per heavy atom. The molecule has 1 fully saturated rings. The maximum absolute atomic E-state index is 9.47. The first-order valence-corrected chi connectivity index (χ1v) is 7.02. The molecular formula is C15H24BNO3. The molecule has 0 radical (unpaired) electrons. The van der Waals surface area contributed by atoms with Gasteiger partial charge in [-0.2, -0.15) is 0 Å². The van der Waals surface area contributed by atoms with Crippen molar-refractivity contribution in [2.24, 2.45) is 0 Å². The van der Waals surface area contributed by atoms with E-state index in [0.717, 1.165) is 11.2 Å². The second kappa shape index (κ2) is 4.83. The highest BCUT2D eigenvalue weighted by atomic mass is 16.7. The third kappa shape index (κ3) is 2.62. The van der Waals surface area contributed by atoms with Crippen LogP contribution in [-0.2, 0) is 14.7 Å². The summed E-state index contributed by atoms with van der Waals surface area (Å²) >= 11 is 0. The Morgan fingerprint density at radius 1 is 1.20 bits per heavy atom. The average molecular weight is 277 g/mol. The van der Waals surface area contributed by atoms with Gasteiger partial charge in [-0.15, -0.1) is 0 Å². The van der Waals surface area contributed by atoms with Crippen molar-refractivity contribution in [2.45, 2.75) is 58.2 Å². The minimum Gasteiger partial charge on any atom is -0.399 e. The first kappa shape index (κ1) is 15.5. The Morgan fingerprint density at radius 3 is 2.25 bits per heavy atom. The van der Waals surface area contributed by atoms with Crippen molar-refractivity contribution >= 4 is 12.6 Å². The van der Waals surface area contributed by atoms with Gasteiger partial charge in [0.25, 0.3) is 0 Å². The Bertz CT molecular complexity index is 484. The van der Waals surface area contributed by atoms with Gasteiger partial charge in [0.2, 0.25) is 0 Å². The molecule has 1 aliphatic rings. The van der Waals surface area contributed by atoms with Crippen molar-refractivity contribution in [3.05, 3.63) is 24.0 Å². The average Bonchev–Trinajstić information content (AvgIpc) is 2.59. The highest BCUT2D eigenvalue weighted by Gasteiger charge is 2.51. The SMILES string of the molecule is CC(C)(CO)c1cc(B2OC(C)(C)C(C)(C)O2)ccn1. The Hall–Kier alpha value is -0.905. The molecule has 1 N–H and O–H groups in total. The first-order chi connectivity index (χ1) is 9.09. The molecule has 0 atom stereocenters. The molecule has 0 aliphatic carbocycles. The highest BCUT2D eigenvalue weighted by molar-refractivity contribution is 6.62. The predicted molar refractivity (Wildman–Crippen MR) is 80.1 cm³/mol. The summed E-state index contributed by atoms with van der Waals surface area (Å²) in [6, 6.07) is 3.86. The van der Waals surface area contributed by atoms with Crippen LogP contribution in [-0.4, -0.2) is 35.0 Å². The Labute approximate surface area is 121 Å². The number of aliphatic hydroxyl groups is 1. The van der Waals surface area contributed by atoms with Crippen LogP contribution in [0, 0.1) is 0 Å². The van der Waals surface area contributed by atoms with Crippen LogP contribution in [0.3, 0.4) is 0 Å². The van der Waals surface area contributed by atoms with Crippen LogP contribution in [0.2, 0.25) is 0 Å². The van der Waals surface area contributed by atoms with Gasteiger partial charge in [-0.05, 0) is 45.3 Å². The van der Waals surface area contributed by atoms with E-state index in [1.165, 1.54) is 0 Å². The van der Waals surface area contributed by atoms with Crippen molar-refractivity contribution in [3.63, 3.8) is 0 Å². The van der Waals surface area contributed by atoms with Crippen LogP contribution in [0.25, 0.3) is 0 Å². The molecule has 1 aromatic rings. The number of pyridine rings is 1. The van der Waals surface area contributed by atoms with Gasteiger partial charge in [-0.25, -0.2) is 0 Å². The summed E-state index contributed by atoms with van der Waals surface area (Å²) in [5, 5.41) is 9.47. The molecule has 4 nitrogen and oxygen atoms in total. The fourth-order valence-electron chi connectivity index (χ4n) is 2.02. The van der Waals surface area contributed by atoms with Crippen LogP contribution in [0.1, 0.15) is 47.2 Å². The monoisotopic (exact) mass is 277 g/mol. The third-order valence-electron chi connectivity index (χ3n) is 4.40. The zero-order chi connectivity index (χ0) is 15.2. The second-order valence-electron chi connectivity index (χ2n) is 7.10. The van der Waals surface area contributed by atoms with Crippen molar-refractivity contribution < 1.29 is 14.4 Å². The number of hydrogen-bond donors (Lipinski definition) is 1. The normalized spacial score (nSPS) is 21.2. The van der Waals surface area contributed by atoms with Crippen molar-refractivity contribution in [2.75, 3.05) is 6.61 Å². The van der Waals surface area contributed by atoms with Crippen molar-refractivity contribution in [3.8, 4) is 0 Å². The summed E-state index contributed by atoms with van der Waals surface area (Å²) in [4.78, 5) is 4.35. The molecule has 0 saturated carbocycles. The summed E-state index contributed by atoms with van der Waals surface area (Å²) in [5.74, 6) is 0. The van der Waals surface area contributed by atoms with Crippen LogP contribution in [0.4, 0.5) is 0 Å². The topological polar surface area (TPSA) is 51.6 Å². The van der Waals surface area contributed by atoms with Crippen LogP contribution in [0.15, 0.2) is 18.3 Å². The van der Waals surface area contributed by atoms with E-state index in [2.05, 4.69) is 4.98 Å². The zero-order valence-corrected chi connectivity index (χ0v) is 13.2. The molecule has 1 saturated heterocycles. The van der Waals surface area contributed by atoms with E-state index >= 15 is 0 Å². The van der Waals surface area contributed by atoms with Gasteiger partial charge >= 0.3 is 7.12 Å². The van der Waals surface area contributed by atoms with Gasteiger partial charge in [-0.1, -0.05) is 13.8 Å². The van der Waals surface area contributed by atoms with E-state index in [-0.39, 0.29) is 23.2 Å². The number of aliphatic hydroxyl groups excluding tert-OH is 1. The molecule has 0 unspecified atom stereocenters. The van der Waals surface area contributed by atoms with Gasteiger partial charge in [-0.3, -0.25) is 4.98 Å². The molecule has 0 spiro atoms. The summed E-state index contributed by atoms with van der Waals surface area (Å²) < 4.78 is 12.1. The summed E-state index contributed by atoms with van der Waals surface area (Å²) in [6.45, 7) is 12.1. The van der Waals surface area contributed by atoms with E-state index in [1.807, 2.05) is 53.7 Å². The van der Waals surface area contributed by atoms with Gasteiger partial charge in [0.1, 0.15) is 0 Å². The molecule has 1 aromatic heterocycles. The maximum atomic E-state index is 9.47. The standard InChI is InChI=1S/C15H24BNO3/c1-13(2,10-18)12-9-11(7-8-17-12)16-19-14(3,4)15(5,6)20-16/h7-9,18H,10H2,1-6H3. The van der Waals surface area contributed by atoms with E-state index in [4.69, 9.17) is 9.31 Å². The van der Waals surface area contributed by atoms with Gasteiger partial charge in [0.05, 0.1) is 17.8 Å². The molecule has 1 aliphatic heterocycles. The van der Waals surface area contributed by atoms with Crippen LogP contribution < -0.4 is 5.46 Å². The molecule has 2 heterocycles. The molecule has 0 aromatic carbocycles. The fraction of sp³-hybridized carbons (Fsp3) is 0.667. The molecule has 5 heteroatoms. The number of nitrogens with zero attached hydrogens (tertiary/aromatic N) is 1. The number of rotatable bonds is 3. The lowest BCUT2D eigenvalue weighted by molar-refractivity contribution is 0.00578. The highest BCUT2D eigenvalue weighted by Crippen LogP contribution is 2.36. The van der Waals surface area contributed by atoms with Crippen LogP contribution in [0.5, 0.6) is 0 Å². The zero-order valence-electron chi connectivity index (χ0n) is 13.2. The van der Waals surface area contributed by atoms with E-state index in [0.29, 0.717) is 0 Å². The summed E-state index contributed by atoms with van der Waals surface area (Å²) in [6.07, 6.45) is 1.74. The first-order valence-electron chi connectivity index (χ1n) is 7.02. The van der Waals surface area contributed by atoms with E-state index in [9.17, 15) is 5.11 Å². The van der Waals surface area contributed by atoms with Crippen molar-refractivity contribution in [1.29, 1.82) is 0 Å². The molecule has 0 amide bonds. The minimum atomic E-state index is -0.392.